The van der Waals surface area contributed by atoms with E-state index in [-0.39, 0.29) is 18.3 Å². The Morgan fingerprint density at radius 3 is 2.32 bits per heavy atom. The normalized spacial score (nSPS) is 10.3. The lowest BCUT2D eigenvalue weighted by Gasteiger charge is -2.06. The fourth-order valence-corrected chi connectivity index (χ4v) is 2.91. The summed E-state index contributed by atoms with van der Waals surface area (Å²) in [6.45, 7) is 5.07. The summed E-state index contributed by atoms with van der Waals surface area (Å²) in [5.74, 6) is -0.0912. The van der Waals surface area contributed by atoms with E-state index in [1.807, 2.05) is 59.4 Å². The summed E-state index contributed by atoms with van der Waals surface area (Å²) in [7, 11) is 0. The van der Waals surface area contributed by atoms with Crippen molar-refractivity contribution in [2.45, 2.75) is 19.9 Å². The van der Waals surface area contributed by atoms with E-state index >= 15 is 0 Å². The van der Waals surface area contributed by atoms with Gasteiger partial charge in [-0.3, -0.25) is 9.48 Å². The van der Waals surface area contributed by atoms with Gasteiger partial charge >= 0.3 is 0 Å². The number of rotatable bonds is 9. The summed E-state index contributed by atoms with van der Waals surface area (Å²) in [6, 6.07) is 20.0. The van der Waals surface area contributed by atoms with Crippen molar-refractivity contribution in [1.29, 1.82) is 0 Å². The van der Waals surface area contributed by atoms with Crippen LogP contribution >= 0.6 is 12.4 Å². The maximum Gasteiger partial charge on any atom is 0.255 e. The largest absolute Gasteiger partial charge is 0.351 e. The zero-order valence-electron chi connectivity index (χ0n) is 16.1. The third-order valence-corrected chi connectivity index (χ3v) is 4.26. The monoisotopic (exact) mass is 398 g/mol. The number of aromatic nitrogens is 2. The number of carbonyl (C=O) groups excluding carboxylic acids is 1. The van der Waals surface area contributed by atoms with Gasteiger partial charge in [0.15, 0.2) is 0 Å². The highest BCUT2D eigenvalue weighted by molar-refractivity contribution is 5.99. The Balaban J connectivity index is 0.00000280. The van der Waals surface area contributed by atoms with Crippen LogP contribution in [0.25, 0.3) is 11.3 Å². The first-order valence-electron chi connectivity index (χ1n) is 9.43. The molecular weight excluding hydrogens is 372 g/mol. The van der Waals surface area contributed by atoms with E-state index in [9.17, 15) is 4.79 Å². The maximum absolute atomic E-state index is 12.7. The summed E-state index contributed by atoms with van der Waals surface area (Å²) < 4.78 is 1.84. The average Bonchev–Trinajstić information content (AvgIpc) is 3.13. The molecule has 1 heterocycles. The van der Waals surface area contributed by atoms with E-state index in [2.05, 4.69) is 29.7 Å². The number of carbonyl (C=O) groups is 1. The van der Waals surface area contributed by atoms with Crippen molar-refractivity contribution in [1.82, 2.24) is 20.4 Å². The Bertz CT molecular complexity index is 849. The van der Waals surface area contributed by atoms with Crippen LogP contribution in [0.15, 0.2) is 66.9 Å². The summed E-state index contributed by atoms with van der Waals surface area (Å²) in [6.07, 6.45) is 2.92. The van der Waals surface area contributed by atoms with Crippen molar-refractivity contribution >= 4 is 18.3 Å². The second-order valence-electron chi connectivity index (χ2n) is 6.45. The first kappa shape index (κ1) is 21.7. The molecule has 0 saturated carbocycles. The zero-order chi connectivity index (χ0) is 18.9. The predicted molar refractivity (Wildman–Crippen MR) is 116 cm³/mol. The molecule has 0 radical (unpaired) electrons. The first-order valence-corrected chi connectivity index (χ1v) is 9.43. The lowest BCUT2D eigenvalue weighted by atomic mass is 10.1. The summed E-state index contributed by atoms with van der Waals surface area (Å²) in [5.41, 5.74) is 3.41. The molecule has 5 nitrogen and oxygen atoms in total. The number of hydrogen-bond donors (Lipinski definition) is 2. The lowest BCUT2D eigenvalue weighted by molar-refractivity contribution is 0.0954. The summed E-state index contributed by atoms with van der Waals surface area (Å²) >= 11 is 0. The van der Waals surface area contributed by atoms with Crippen LogP contribution in [-0.4, -0.2) is 35.3 Å². The van der Waals surface area contributed by atoms with E-state index in [0.29, 0.717) is 24.3 Å². The van der Waals surface area contributed by atoms with Crippen LogP contribution in [0.4, 0.5) is 0 Å². The molecule has 2 N–H and O–H groups in total. The highest BCUT2D eigenvalue weighted by Gasteiger charge is 2.17. The van der Waals surface area contributed by atoms with Crippen molar-refractivity contribution in [3.05, 3.63) is 78.0 Å². The van der Waals surface area contributed by atoms with Crippen molar-refractivity contribution in [3.63, 3.8) is 0 Å². The molecule has 0 unspecified atom stereocenters. The Morgan fingerprint density at radius 1 is 0.964 bits per heavy atom. The number of halogens is 1. The molecule has 1 aromatic heterocycles. The van der Waals surface area contributed by atoms with Crippen molar-refractivity contribution in [2.75, 3.05) is 19.6 Å². The molecule has 0 aliphatic heterocycles. The van der Waals surface area contributed by atoms with Gasteiger partial charge in [-0.1, -0.05) is 67.6 Å². The molecule has 0 fully saturated rings. The third-order valence-electron chi connectivity index (χ3n) is 4.26. The third kappa shape index (κ3) is 5.94. The molecule has 0 saturated heterocycles. The topological polar surface area (TPSA) is 58.9 Å². The molecule has 3 rings (SSSR count). The minimum atomic E-state index is -0.0912. The van der Waals surface area contributed by atoms with Crippen molar-refractivity contribution in [3.8, 4) is 11.3 Å². The van der Waals surface area contributed by atoms with Crippen LogP contribution in [-0.2, 0) is 6.54 Å². The molecular formula is C22H27ClN4O. The van der Waals surface area contributed by atoms with Crippen LogP contribution < -0.4 is 10.6 Å². The van der Waals surface area contributed by atoms with Crippen LogP contribution in [0.1, 0.15) is 29.3 Å². The van der Waals surface area contributed by atoms with Gasteiger partial charge in [-0.05, 0) is 18.5 Å². The van der Waals surface area contributed by atoms with Crippen LogP contribution in [0.5, 0.6) is 0 Å². The minimum absolute atomic E-state index is 0. The van der Waals surface area contributed by atoms with Gasteiger partial charge in [-0.2, -0.15) is 5.10 Å². The molecule has 0 atom stereocenters. The summed E-state index contributed by atoms with van der Waals surface area (Å²) in [5, 5.41) is 11.0. The predicted octanol–water partition coefficient (Wildman–Crippen LogP) is 3.75. The Labute approximate surface area is 172 Å². The van der Waals surface area contributed by atoms with Gasteiger partial charge in [0.05, 0.1) is 12.1 Å². The van der Waals surface area contributed by atoms with Crippen molar-refractivity contribution < 1.29 is 4.79 Å². The molecule has 0 aliphatic rings. The van der Waals surface area contributed by atoms with Gasteiger partial charge in [0.25, 0.3) is 5.91 Å². The minimum Gasteiger partial charge on any atom is -0.351 e. The SMILES string of the molecule is CCCNCCNC(=O)c1cn(Cc2ccccc2)nc1-c1ccccc1.Cl. The van der Waals surface area contributed by atoms with Gasteiger partial charge in [0.2, 0.25) is 0 Å². The number of hydrogen-bond acceptors (Lipinski definition) is 3. The van der Waals surface area contributed by atoms with Gasteiger partial charge in [-0.25, -0.2) is 0 Å². The second kappa shape index (κ2) is 11.3. The first-order chi connectivity index (χ1) is 13.3. The number of nitrogens with one attached hydrogen (secondary N) is 2. The van der Waals surface area contributed by atoms with Crippen LogP contribution in [0, 0.1) is 0 Å². The molecule has 148 valence electrons. The van der Waals surface area contributed by atoms with Gasteiger partial charge in [0.1, 0.15) is 5.69 Å². The van der Waals surface area contributed by atoms with Crippen LogP contribution in [0.3, 0.4) is 0 Å². The highest BCUT2D eigenvalue weighted by Crippen LogP contribution is 2.22. The van der Waals surface area contributed by atoms with E-state index < -0.39 is 0 Å². The van der Waals surface area contributed by atoms with Gasteiger partial charge < -0.3 is 10.6 Å². The fraction of sp³-hybridized carbons (Fsp3) is 0.273. The maximum atomic E-state index is 12.7. The molecule has 0 spiro atoms. The Morgan fingerprint density at radius 2 is 1.64 bits per heavy atom. The van der Waals surface area contributed by atoms with Gasteiger partial charge in [0, 0.05) is 24.8 Å². The van der Waals surface area contributed by atoms with Crippen LogP contribution in [0.2, 0.25) is 0 Å². The standard InChI is InChI=1S/C22H26N4O.ClH/c1-2-13-23-14-15-24-22(27)20-17-26(16-18-9-5-3-6-10-18)25-21(20)19-11-7-4-8-12-19;/h3-12,17,23H,2,13-16H2,1H3,(H,24,27);1H. The molecule has 0 bridgehead atoms. The Hall–Kier alpha value is -2.63. The quantitative estimate of drug-likeness (QED) is 0.540. The average molecular weight is 399 g/mol. The lowest BCUT2D eigenvalue weighted by Crippen LogP contribution is -2.32. The zero-order valence-corrected chi connectivity index (χ0v) is 16.9. The van der Waals surface area contributed by atoms with E-state index in [4.69, 9.17) is 5.10 Å². The van der Waals surface area contributed by atoms with Gasteiger partial charge in [-0.15, -0.1) is 12.4 Å². The molecule has 3 aromatic rings. The fourth-order valence-electron chi connectivity index (χ4n) is 2.91. The van der Waals surface area contributed by atoms with E-state index in [1.54, 1.807) is 0 Å². The molecule has 0 aliphatic carbocycles. The number of nitrogens with zero attached hydrogens (tertiary/aromatic N) is 2. The molecule has 28 heavy (non-hydrogen) atoms. The Kier molecular flexibility index (Phi) is 8.72. The van der Waals surface area contributed by atoms with E-state index in [1.165, 1.54) is 0 Å². The molecule has 2 aromatic carbocycles. The number of benzene rings is 2. The molecule has 6 heteroatoms. The second-order valence-corrected chi connectivity index (χ2v) is 6.45. The molecule has 1 amide bonds. The highest BCUT2D eigenvalue weighted by atomic mass is 35.5. The summed E-state index contributed by atoms with van der Waals surface area (Å²) in [4.78, 5) is 12.7. The van der Waals surface area contributed by atoms with Crippen molar-refractivity contribution in [2.24, 2.45) is 0 Å². The smallest absolute Gasteiger partial charge is 0.255 e. The number of amides is 1. The van der Waals surface area contributed by atoms with E-state index in [0.717, 1.165) is 30.6 Å².